The Morgan fingerprint density at radius 3 is 2.45 bits per heavy atom. The smallest absolute Gasteiger partial charge is 0.271 e. The lowest BCUT2D eigenvalue weighted by Gasteiger charge is -2.14. The molecule has 2 aromatic carbocycles. The highest BCUT2D eigenvalue weighted by molar-refractivity contribution is 5.95. The minimum absolute atomic E-state index is 0.0658. The highest BCUT2D eigenvalue weighted by atomic mass is 16.6. The Kier molecular flexibility index (Phi) is 5.59. The van der Waals surface area contributed by atoms with Gasteiger partial charge in [-0.05, 0) is 63.1 Å². The maximum atomic E-state index is 12.2. The number of hydrogen-bond donors (Lipinski definition) is 1. The Morgan fingerprint density at radius 2 is 1.79 bits per heavy atom. The van der Waals surface area contributed by atoms with Gasteiger partial charge in [-0.15, -0.1) is 0 Å². The zero-order valence-corrected chi connectivity index (χ0v) is 16.8. The Bertz CT molecular complexity index is 1110. The van der Waals surface area contributed by atoms with E-state index in [0.717, 1.165) is 22.6 Å². The average Bonchev–Trinajstić information content (AvgIpc) is 2.97. The van der Waals surface area contributed by atoms with Gasteiger partial charge in [-0.2, -0.15) is 5.10 Å². The van der Waals surface area contributed by atoms with Crippen molar-refractivity contribution in [2.45, 2.75) is 27.7 Å². The molecule has 1 amide bonds. The summed E-state index contributed by atoms with van der Waals surface area (Å²) in [6, 6.07) is 13.6. The third kappa shape index (κ3) is 4.08. The molecule has 0 unspecified atom stereocenters. The Balaban J connectivity index is 1.79. The van der Waals surface area contributed by atoms with Crippen molar-refractivity contribution in [2.24, 2.45) is 5.10 Å². The zero-order chi connectivity index (χ0) is 21.1. The van der Waals surface area contributed by atoms with Gasteiger partial charge < -0.3 is 4.57 Å². The van der Waals surface area contributed by atoms with Crippen LogP contribution in [0, 0.1) is 37.8 Å². The molecule has 0 saturated carbocycles. The molecular weight excluding hydrogens is 368 g/mol. The monoisotopic (exact) mass is 390 g/mol. The van der Waals surface area contributed by atoms with Gasteiger partial charge in [0.05, 0.1) is 11.1 Å². The van der Waals surface area contributed by atoms with Gasteiger partial charge in [-0.25, -0.2) is 5.43 Å². The molecule has 0 fully saturated rings. The first-order valence-corrected chi connectivity index (χ1v) is 9.13. The number of amides is 1. The zero-order valence-electron chi connectivity index (χ0n) is 16.8. The number of aryl methyl sites for hydroxylation is 2. The van der Waals surface area contributed by atoms with Gasteiger partial charge >= 0.3 is 0 Å². The topological polar surface area (TPSA) is 89.5 Å². The molecule has 0 aliphatic carbocycles. The van der Waals surface area contributed by atoms with Crippen LogP contribution in [0.15, 0.2) is 53.6 Å². The summed E-state index contributed by atoms with van der Waals surface area (Å²) in [6.07, 6.45) is 1.60. The Hall–Kier alpha value is -3.74. The molecule has 0 radical (unpaired) electrons. The molecular formula is C22H22N4O3. The minimum Gasteiger partial charge on any atom is -0.318 e. The molecule has 0 atom stereocenters. The number of hydrazone groups is 1. The summed E-state index contributed by atoms with van der Waals surface area (Å²) in [5, 5.41) is 14.7. The number of carbonyl (C=O) groups excluding carboxylic acids is 1. The summed E-state index contributed by atoms with van der Waals surface area (Å²) in [5.41, 5.74) is 9.24. The van der Waals surface area contributed by atoms with Crippen molar-refractivity contribution in [3.05, 3.63) is 92.3 Å². The number of non-ortho nitro benzene ring substituents is 1. The largest absolute Gasteiger partial charge is 0.318 e. The molecule has 1 aromatic heterocycles. The normalized spacial score (nSPS) is 11.0. The molecule has 3 aromatic rings. The molecule has 7 nitrogen and oxygen atoms in total. The van der Waals surface area contributed by atoms with Crippen LogP contribution in [0.5, 0.6) is 0 Å². The minimum atomic E-state index is -0.508. The quantitative estimate of drug-likeness (QED) is 0.398. The van der Waals surface area contributed by atoms with E-state index in [9.17, 15) is 14.9 Å². The molecule has 29 heavy (non-hydrogen) atoms. The lowest BCUT2D eigenvalue weighted by Crippen LogP contribution is -2.17. The number of benzene rings is 2. The summed E-state index contributed by atoms with van der Waals surface area (Å²) >= 11 is 0. The van der Waals surface area contributed by atoms with Crippen molar-refractivity contribution >= 4 is 17.8 Å². The molecule has 0 saturated heterocycles. The van der Waals surface area contributed by atoms with E-state index in [-0.39, 0.29) is 5.69 Å². The number of carbonyl (C=O) groups is 1. The average molecular weight is 390 g/mol. The Morgan fingerprint density at radius 1 is 1.10 bits per heavy atom. The molecule has 0 aliphatic heterocycles. The van der Waals surface area contributed by atoms with Gasteiger partial charge in [0.1, 0.15) is 0 Å². The van der Waals surface area contributed by atoms with Crippen molar-refractivity contribution in [1.82, 2.24) is 9.99 Å². The van der Waals surface area contributed by atoms with Crippen molar-refractivity contribution < 1.29 is 9.72 Å². The second-order valence-electron chi connectivity index (χ2n) is 6.88. The van der Waals surface area contributed by atoms with Crippen molar-refractivity contribution in [3.63, 3.8) is 0 Å². The van der Waals surface area contributed by atoms with Crippen LogP contribution in [0.3, 0.4) is 0 Å². The SMILES string of the molecule is Cc1cccc(-n2c(C)cc(/C=N\NC(=O)c3ccc([N+](=O)[O-])cc3)c2C)c1C. The molecule has 3 rings (SSSR count). The number of nitrogens with zero attached hydrogens (tertiary/aromatic N) is 3. The van der Waals surface area contributed by atoms with Gasteiger partial charge in [0.2, 0.25) is 0 Å². The van der Waals surface area contributed by atoms with Crippen molar-refractivity contribution in [3.8, 4) is 5.69 Å². The van der Waals surface area contributed by atoms with Crippen LogP contribution in [0.1, 0.15) is 38.4 Å². The summed E-state index contributed by atoms with van der Waals surface area (Å²) in [7, 11) is 0. The number of aromatic nitrogens is 1. The van der Waals surface area contributed by atoms with Crippen molar-refractivity contribution in [1.29, 1.82) is 0 Å². The number of rotatable bonds is 5. The predicted molar refractivity (Wildman–Crippen MR) is 113 cm³/mol. The van der Waals surface area contributed by atoms with Crippen LogP contribution in [-0.2, 0) is 0 Å². The molecule has 7 heteroatoms. The van der Waals surface area contributed by atoms with E-state index >= 15 is 0 Å². The second kappa shape index (κ2) is 8.10. The fourth-order valence-electron chi connectivity index (χ4n) is 3.23. The first-order chi connectivity index (χ1) is 13.8. The fourth-order valence-corrected chi connectivity index (χ4v) is 3.23. The maximum absolute atomic E-state index is 12.2. The molecule has 0 aliphatic rings. The van der Waals surface area contributed by atoms with Crippen LogP contribution >= 0.6 is 0 Å². The first kappa shape index (κ1) is 20.0. The van der Waals surface area contributed by atoms with Crippen LogP contribution in [0.25, 0.3) is 5.69 Å². The highest BCUT2D eigenvalue weighted by Gasteiger charge is 2.12. The summed E-state index contributed by atoms with van der Waals surface area (Å²) < 4.78 is 2.17. The third-order valence-corrected chi connectivity index (χ3v) is 5.00. The van der Waals surface area contributed by atoms with Gasteiger partial charge in [0.25, 0.3) is 11.6 Å². The molecule has 0 bridgehead atoms. The highest BCUT2D eigenvalue weighted by Crippen LogP contribution is 2.24. The van der Waals surface area contributed by atoms with Crippen LogP contribution in [0.2, 0.25) is 0 Å². The fraction of sp³-hybridized carbons (Fsp3) is 0.182. The predicted octanol–water partition coefficient (Wildman–Crippen LogP) is 4.38. The van der Waals surface area contributed by atoms with Crippen LogP contribution in [0.4, 0.5) is 5.69 Å². The number of nitro benzene ring substituents is 1. The van der Waals surface area contributed by atoms with Crippen molar-refractivity contribution in [2.75, 3.05) is 0 Å². The van der Waals surface area contributed by atoms with E-state index in [1.807, 2.05) is 26.0 Å². The lowest BCUT2D eigenvalue weighted by atomic mass is 10.1. The second-order valence-corrected chi connectivity index (χ2v) is 6.88. The van der Waals surface area contributed by atoms with Gasteiger partial charge in [0.15, 0.2) is 0 Å². The lowest BCUT2D eigenvalue weighted by molar-refractivity contribution is -0.384. The standard InChI is InChI=1S/C22H22N4O3/c1-14-6-5-7-21(16(14)3)25-15(2)12-19(17(25)4)13-23-24-22(27)18-8-10-20(11-9-18)26(28)29/h5-13H,1-4H3,(H,24,27)/b23-13-. The van der Waals surface area contributed by atoms with Gasteiger partial charge in [-0.3, -0.25) is 14.9 Å². The number of nitrogens with one attached hydrogen (secondary N) is 1. The third-order valence-electron chi connectivity index (χ3n) is 5.00. The Labute approximate surface area is 168 Å². The molecule has 0 spiro atoms. The van der Waals surface area contributed by atoms with E-state index < -0.39 is 10.8 Å². The maximum Gasteiger partial charge on any atom is 0.271 e. The van der Waals surface area contributed by atoms with Gasteiger partial charge in [0, 0.05) is 40.3 Å². The summed E-state index contributed by atoms with van der Waals surface area (Å²) in [6.45, 7) is 8.22. The van der Waals surface area contributed by atoms with Crippen LogP contribution in [-0.4, -0.2) is 21.6 Å². The van der Waals surface area contributed by atoms with E-state index in [2.05, 4.69) is 41.1 Å². The summed E-state index contributed by atoms with van der Waals surface area (Å²) in [5.74, 6) is -0.431. The van der Waals surface area contributed by atoms with Crippen LogP contribution < -0.4 is 5.43 Å². The molecule has 148 valence electrons. The van der Waals surface area contributed by atoms with E-state index in [4.69, 9.17) is 0 Å². The number of hydrogen-bond acceptors (Lipinski definition) is 4. The first-order valence-electron chi connectivity index (χ1n) is 9.13. The molecule has 1 N–H and O–H groups in total. The number of nitro groups is 1. The van der Waals surface area contributed by atoms with E-state index in [0.29, 0.717) is 5.56 Å². The van der Waals surface area contributed by atoms with E-state index in [1.165, 1.54) is 35.4 Å². The molecule has 1 heterocycles. The van der Waals surface area contributed by atoms with E-state index in [1.54, 1.807) is 6.21 Å². The van der Waals surface area contributed by atoms with Gasteiger partial charge in [-0.1, -0.05) is 12.1 Å². The summed E-state index contributed by atoms with van der Waals surface area (Å²) in [4.78, 5) is 22.4.